The smallest absolute Gasteiger partial charge is 0.241 e. The van der Waals surface area contributed by atoms with Crippen LogP contribution in [-0.2, 0) is 6.18 Å². The second kappa shape index (κ2) is 4.21. The van der Waals surface area contributed by atoms with Gasteiger partial charge < -0.3 is 0 Å². The van der Waals surface area contributed by atoms with Crippen LogP contribution in [0.2, 0.25) is 5.02 Å². The van der Waals surface area contributed by atoms with Crippen molar-refractivity contribution in [3.8, 4) is 0 Å². The van der Waals surface area contributed by atoms with Gasteiger partial charge in [0.15, 0.2) is 5.69 Å². The van der Waals surface area contributed by atoms with Crippen molar-refractivity contribution in [3.63, 3.8) is 0 Å². The Morgan fingerprint density at radius 1 is 1.33 bits per heavy atom. The Kier molecular flexibility index (Phi) is 3.55. The molecule has 0 aromatic carbocycles. The van der Waals surface area contributed by atoms with Crippen LogP contribution in [0.5, 0.6) is 0 Å². The van der Waals surface area contributed by atoms with Crippen LogP contribution in [0.4, 0.5) is 22.0 Å². The molecule has 0 unspecified atom stereocenters. The summed E-state index contributed by atoms with van der Waals surface area (Å²) in [5.41, 5.74) is -2.46. The van der Waals surface area contributed by atoms with Crippen LogP contribution in [0, 0.1) is 0 Å². The fraction of sp³-hybridized carbons (Fsp3) is 0.286. The number of pyridine rings is 1. The van der Waals surface area contributed by atoms with Gasteiger partial charge in [0.1, 0.15) is 5.69 Å². The third kappa shape index (κ3) is 2.78. The van der Waals surface area contributed by atoms with E-state index < -0.39 is 33.5 Å². The van der Waals surface area contributed by atoms with Crippen molar-refractivity contribution in [3.05, 3.63) is 26.9 Å². The van der Waals surface area contributed by atoms with Crippen molar-refractivity contribution < 1.29 is 22.0 Å². The van der Waals surface area contributed by atoms with E-state index >= 15 is 0 Å². The Hall–Kier alpha value is -0.430. The van der Waals surface area contributed by atoms with Gasteiger partial charge in [0, 0.05) is 0 Å². The first-order chi connectivity index (χ1) is 6.73. The van der Waals surface area contributed by atoms with Crippen LogP contribution < -0.4 is 0 Å². The minimum absolute atomic E-state index is 0.451. The molecule has 0 spiro atoms. The van der Waals surface area contributed by atoms with Crippen molar-refractivity contribution in [2.24, 2.45) is 0 Å². The number of hydrogen-bond acceptors (Lipinski definition) is 1. The lowest BCUT2D eigenvalue weighted by molar-refractivity contribution is -0.142. The number of aromatic nitrogens is 1. The van der Waals surface area contributed by atoms with Gasteiger partial charge in [-0.3, -0.25) is 0 Å². The summed E-state index contributed by atoms with van der Waals surface area (Å²) in [7, 11) is 0. The number of halogens is 7. The Morgan fingerprint density at radius 3 is 2.27 bits per heavy atom. The van der Waals surface area contributed by atoms with Gasteiger partial charge in [-0.15, -0.1) is 0 Å². The average Bonchev–Trinajstić information content (AvgIpc) is 2.06. The van der Waals surface area contributed by atoms with E-state index in [9.17, 15) is 22.0 Å². The quantitative estimate of drug-likeness (QED) is 0.698. The summed E-state index contributed by atoms with van der Waals surface area (Å²) in [5.74, 6) is 0. The predicted octanol–water partition coefficient (Wildman–Crippen LogP) is 4.45. The topological polar surface area (TPSA) is 12.9 Å². The van der Waals surface area contributed by atoms with Gasteiger partial charge in [0.2, 0.25) is 0 Å². The minimum atomic E-state index is -4.83. The molecule has 0 saturated heterocycles. The molecule has 1 heterocycles. The van der Waals surface area contributed by atoms with Crippen molar-refractivity contribution >= 4 is 27.5 Å². The highest BCUT2D eigenvalue weighted by Crippen LogP contribution is 2.38. The van der Waals surface area contributed by atoms with E-state index in [-0.39, 0.29) is 0 Å². The molecule has 1 rings (SSSR count). The standard InChI is InChI=1S/C7H2BrClF5N/c8-4-2(9)1-3(6(10)11)15-5(4)7(12,13)14/h1,6H. The summed E-state index contributed by atoms with van der Waals surface area (Å²) < 4.78 is 60.6. The van der Waals surface area contributed by atoms with E-state index in [0.717, 1.165) is 0 Å². The molecular weight excluding hydrogens is 308 g/mol. The molecule has 0 bridgehead atoms. The van der Waals surface area contributed by atoms with Gasteiger partial charge in [-0.1, -0.05) is 11.6 Å². The van der Waals surface area contributed by atoms with E-state index in [4.69, 9.17) is 11.6 Å². The van der Waals surface area contributed by atoms with E-state index in [1.165, 1.54) is 0 Å². The first kappa shape index (κ1) is 12.6. The summed E-state index contributed by atoms with van der Waals surface area (Å²) in [4.78, 5) is 2.80. The van der Waals surface area contributed by atoms with Gasteiger partial charge in [-0.05, 0) is 22.0 Å². The first-order valence-corrected chi connectivity index (χ1v) is 4.62. The molecule has 15 heavy (non-hydrogen) atoms. The summed E-state index contributed by atoms with van der Waals surface area (Å²) in [6.45, 7) is 0. The Morgan fingerprint density at radius 2 is 1.87 bits per heavy atom. The molecule has 84 valence electrons. The first-order valence-electron chi connectivity index (χ1n) is 3.44. The molecule has 0 amide bonds. The maximum absolute atomic E-state index is 12.3. The average molecular weight is 310 g/mol. The number of alkyl halides is 5. The summed E-state index contributed by atoms with van der Waals surface area (Å²) in [5, 5.41) is -0.451. The number of hydrogen-bond donors (Lipinski definition) is 0. The lowest BCUT2D eigenvalue weighted by Crippen LogP contribution is -2.11. The molecule has 0 fully saturated rings. The normalized spacial score (nSPS) is 12.3. The third-order valence-corrected chi connectivity index (χ3v) is 2.75. The highest BCUT2D eigenvalue weighted by Gasteiger charge is 2.37. The molecule has 0 aliphatic heterocycles. The lowest BCUT2D eigenvalue weighted by Gasteiger charge is -2.11. The van der Waals surface area contributed by atoms with Gasteiger partial charge in [0.05, 0.1) is 9.50 Å². The van der Waals surface area contributed by atoms with Gasteiger partial charge >= 0.3 is 6.18 Å². The van der Waals surface area contributed by atoms with Crippen LogP contribution in [0.15, 0.2) is 10.5 Å². The molecule has 1 aromatic heterocycles. The van der Waals surface area contributed by atoms with Crippen molar-refractivity contribution in [2.75, 3.05) is 0 Å². The van der Waals surface area contributed by atoms with Crippen LogP contribution in [0.1, 0.15) is 17.8 Å². The monoisotopic (exact) mass is 309 g/mol. The van der Waals surface area contributed by atoms with Gasteiger partial charge in [0.25, 0.3) is 6.43 Å². The minimum Gasteiger partial charge on any atom is -0.241 e. The molecule has 1 aromatic rings. The molecule has 0 N–H and O–H groups in total. The van der Waals surface area contributed by atoms with Gasteiger partial charge in [-0.25, -0.2) is 13.8 Å². The Bertz CT molecular complexity index is 378. The van der Waals surface area contributed by atoms with Crippen LogP contribution in [0.25, 0.3) is 0 Å². The van der Waals surface area contributed by atoms with E-state index in [1.54, 1.807) is 0 Å². The van der Waals surface area contributed by atoms with E-state index in [1.807, 2.05) is 0 Å². The maximum atomic E-state index is 12.3. The van der Waals surface area contributed by atoms with E-state index in [0.29, 0.717) is 6.07 Å². The molecule has 0 atom stereocenters. The molecule has 0 radical (unpaired) electrons. The summed E-state index contributed by atoms with van der Waals surface area (Å²) >= 11 is 7.89. The Balaban J connectivity index is 3.38. The lowest BCUT2D eigenvalue weighted by atomic mass is 10.3. The summed E-state index contributed by atoms with van der Waals surface area (Å²) in [6, 6.07) is 0.686. The second-order valence-electron chi connectivity index (χ2n) is 2.49. The van der Waals surface area contributed by atoms with Gasteiger partial charge in [-0.2, -0.15) is 13.2 Å². The van der Waals surface area contributed by atoms with Crippen LogP contribution in [0.3, 0.4) is 0 Å². The Labute approximate surface area is 94.4 Å². The second-order valence-corrected chi connectivity index (χ2v) is 3.69. The molecular formula is C7H2BrClF5N. The molecule has 0 aliphatic rings. The zero-order valence-electron chi connectivity index (χ0n) is 6.75. The van der Waals surface area contributed by atoms with E-state index in [2.05, 4.69) is 20.9 Å². The van der Waals surface area contributed by atoms with Crippen molar-refractivity contribution in [2.45, 2.75) is 12.6 Å². The maximum Gasteiger partial charge on any atom is 0.434 e. The number of rotatable bonds is 1. The predicted molar refractivity (Wildman–Crippen MR) is 46.9 cm³/mol. The zero-order chi connectivity index (χ0) is 11.8. The summed E-state index contributed by atoms with van der Waals surface area (Å²) in [6.07, 6.45) is -7.93. The van der Waals surface area contributed by atoms with Crippen molar-refractivity contribution in [1.82, 2.24) is 4.98 Å². The highest BCUT2D eigenvalue weighted by molar-refractivity contribution is 9.10. The SMILES string of the molecule is FC(F)c1cc(Cl)c(Br)c(C(F)(F)F)n1. The van der Waals surface area contributed by atoms with Crippen LogP contribution in [-0.4, -0.2) is 4.98 Å². The highest BCUT2D eigenvalue weighted by atomic mass is 79.9. The van der Waals surface area contributed by atoms with Crippen LogP contribution >= 0.6 is 27.5 Å². The van der Waals surface area contributed by atoms with Crippen molar-refractivity contribution in [1.29, 1.82) is 0 Å². The molecule has 0 aliphatic carbocycles. The molecule has 0 saturated carbocycles. The largest absolute Gasteiger partial charge is 0.434 e. The number of nitrogens with zero attached hydrogens (tertiary/aromatic N) is 1. The molecule has 8 heteroatoms. The zero-order valence-corrected chi connectivity index (χ0v) is 9.09. The third-order valence-electron chi connectivity index (χ3n) is 1.43. The fourth-order valence-electron chi connectivity index (χ4n) is 0.816. The fourth-order valence-corrected chi connectivity index (χ4v) is 1.45. The molecule has 1 nitrogen and oxygen atoms in total.